The monoisotopic (exact) mass is 349 g/mol. The van der Waals surface area contributed by atoms with Crippen LogP contribution in [-0.4, -0.2) is 39.5 Å². The van der Waals surface area contributed by atoms with Gasteiger partial charge in [0.05, 0.1) is 24.9 Å². The topological polar surface area (TPSA) is 84.3 Å². The smallest absolute Gasteiger partial charge is 0.251 e. The number of nitrogens with one attached hydrogen (secondary N) is 1. The van der Waals surface area contributed by atoms with Gasteiger partial charge in [-0.05, 0) is 40.6 Å². The molecule has 6 nitrogen and oxygen atoms in total. The normalized spacial score (nSPS) is 12.4. The highest BCUT2D eigenvalue weighted by atomic mass is 32.1. The Morgan fingerprint density at radius 1 is 1.30 bits per heavy atom. The molecule has 1 aromatic carbocycles. The fourth-order valence-corrected chi connectivity index (χ4v) is 3.36. The summed E-state index contributed by atoms with van der Waals surface area (Å²) in [5, 5.41) is 15.7. The van der Waals surface area contributed by atoms with Crippen molar-refractivity contribution >= 4 is 40.0 Å². The second-order valence-corrected chi connectivity index (χ2v) is 6.13. The molecule has 1 atom stereocenters. The second kappa shape index (κ2) is 7.60. The van der Waals surface area contributed by atoms with Crippen LogP contribution >= 0.6 is 23.1 Å². The lowest BCUT2D eigenvalue weighted by molar-refractivity contribution is 0.0279. The van der Waals surface area contributed by atoms with Crippen LogP contribution < -0.4 is 5.32 Å². The van der Waals surface area contributed by atoms with Crippen molar-refractivity contribution in [1.82, 2.24) is 14.1 Å². The van der Waals surface area contributed by atoms with Crippen LogP contribution in [0.3, 0.4) is 0 Å². The van der Waals surface area contributed by atoms with E-state index in [1.807, 2.05) is 16.8 Å². The summed E-state index contributed by atoms with van der Waals surface area (Å²) in [6.45, 7) is 0.512. The molecule has 0 fully saturated rings. The number of thiophene rings is 1. The van der Waals surface area contributed by atoms with Gasteiger partial charge in [0, 0.05) is 12.1 Å². The van der Waals surface area contributed by atoms with Crippen LogP contribution in [0.25, 0.3) is 11.0 Å². The lowest BCUT2D eigenvalue weighted by Crippen LogP contribution is -2.29. The first kappa shape index (κ1) is 16.0. The highest BCUT2D eigenvalue weighted by molar-refractivity contribution is 7.08. The van der Waals surface area contributed by atoms with E-state index in [1.54, 1.807) is 29.5 Å². The molecule has 0 saturated heterocycles. The lowest BCUT2D eigenvalue weighted by Gasteiger charge is -2.17. The number of rotatable bonds is 7. The highest BCUT2D eigenvalue weighted by Crippen LogP contribution is 2.20. The van der Waals surface area contributed by atoms with Gasteiger partial charge >= 0.3 is 0 Å². The van der Waals surface area contributed by atoms with Crippen LogP contribution in [-0.2, 0) is 4.74 Å². The van der Waals surface area contributed by atoms with Gasteiger partial charge < -0.3 is 15.2 Å². The number of benzene rings is 1. The number of carbonyl (C=O) groups is 1. The van der Waals surface area contributed by atoms with Crippen molar-refractivity contribution in [2.24, 2.45) is 0 Å². The molecule has 23 heavy (non-hydrogen) atoms. The summed E-state index contributed by atoms with van der Waals surface area (Å²) >= 11 is 2.69. The number of hydrogen-bond donors (Lipinski definition) is 2. The molecule has 2 aromatic heterocycles. The van der Waals surface area contributed by atoms with E-state index in [0.29, 0.717) is 17.6 Å². The summed E-state index contributed by atoms with van der Waals surface area (Å²) in [6.07, 6.45) is -0.276. The molecule has 0 radical (unpaired) electrons. The molecule has 8 heteroatoms. The number of aromatic nitrogens is 2. The van der Waals surface area contributed by atoms with E-state index in [2.05, 4.69) is 14.1 Å². The molecule has 0 aliphatic rings. The predicted molar refractivity (Wildman–Crippen MR) is 89.8 cm³/mol. The van der Waals surface area contributed by atoms with Crippen LogP contribution in [0.1, 0.15) is 22.0 Å². The van der Waals surface area contributed by atoms with E-state index in [1.165, 1.54) is 0 Å². The van der Waals surface area contributed by atoms with Gasteiger partial charge in [0.15, 0.2) is 0 Å². The molecular formula is C15H15N3O3S2. The van der Waals surface area contributed by atoms with Crippen LogP contribution in [0.4, 0.5) is 0 Å². The number of amides is 1. The van der Waals surface area contributed by atoms with Crippen molar-refractivity contribution in [3.05, 3.63) is 46.2 Å². The van der Waals surface area contributed by atoms with Crippen molar-refractivity contribution < 1.29 is 14.6 Å². The highest BCUT2D eigenvalue weighted by Gasteiger charge is 2.15. The number of carbonyl (C=O) groups excluding carboxylic acids is 1. The number of hydrogen-bond acceptors (Lipinski definition) is 7. The summed E-state index contributed by atoms with van der Waals surface area (Å²) in [7, 11) is 0. The summed E-state index contributed by atoms with van der Waals surface area (Å²) in [4.78, 5) is 12.3. The Balaban J connectivity index is 1.65. The molecular weight excluding hydrogens is 334 g/mol. The van der Waals surface area contributed by atoms with Gasteiger partial charge in [0.1, 0.15) is 17.1 Å². The quantitative estimate of drug-likeness (QED) is 0.683. The molecule has 0 unspecified atom stereocenters. The van der Waals surface area contributed by atoms with Crippen molar-refractivity contribution in [3.63, 3.8) is 0 Å². The number of aliphatic hydroxyl groups excluding tert-OH is 1. The fourth-order valence-electron chi connectivity index (χ4n) is 2.14. The molecule has 0 spiro atoms. The molecule has 0 aliphatic heterocycles. The average Bonchev–Trinajstić information content (AvgIpc) is 3.25. The van der Waals surface area contributed by atoms with Crippen molar-refractivity contribution in [2.75, 3.05) is 19.8 Å². The Kier molecular flexibility index (Phi) is 5.29. The molecule has 120 valence electrons. The fraction of sp³-hybridized carbons (Fsp3) is 0.267. The van der Waals surface area contributed by atoms with E-state index in [0.717, 1.165) is 22.8 Å². The Morgan fingerprint density at radius 3 is 2.96 bits per heavy atom. The minimum Gasteiger partial charge on any atom is -0.394 e. The minimum absolute atomic E-state index is 0.0535. The van der Waals surface area contributed by atoms with Gasteiger partial charge in [-0.1, -0.05) is 0 Å². The molecule has 0 saturated carbocycles. The van der Waals surface area contributed by atoms with E-state index in [4.69, 9.17) is 9.84 Å². The zero-order chi connectivity index (χ0) is 16.1. The summed E-state index contributed by atoms with van der Waals surface area (Å²) in [6, 6.07) is 7.19. The van der Waals surface area contributed by atoms with Gasteiger partial charge in [-0.3, -0.25) is 4.79 Å². The first-order valence-electron chi connectivity index (χ1n) is 7.03. The molecule has 2 N–H and O–H groups in total. The van der Waals surface area contributed by atoms with Gasteiger partial charge in [0.2, 0.25) is 0 Å². The number of nitrogens with zero attached hydrogens (tertiary/aromatic N) is 2. The van der Waals surface area contributed by atoms with Crippen LogP contribution in [0.5, 0.6) is 0 Å². The standard InChI is InChI=1S/C15H15N3O3S2/c19-4-5-21-14(11-3-6-22-9-11)8-16-15(20)10-1-2-12-13(7-10)18-23-17-12/h1-3,6-7,9,14,19H,4-5,8H2,(H,16,20)/t14-/m1/s1. The Morgan fingerprint density at radius 2 is 2.17 bits per heavy atom. The maximum atomic E-state index is 12.3. The first-order valence-corrected chi connectivity index (χ1v) is 8.70. The van der Waals surface area contributed by atoms with Gasteiger partial charge in [-0.2, -0.15) is 20.1 Å². The minimum atomic E-state index is -0.276. The Labute approximate surface area is 141 Å². The number of fused-ring (bicyclic) bond motifs is 1. The molecule has 3 aromatic rings. The SMILES string of the molecule is O=C(NC[C@@H](OCCO)c1ccsc1)c1ccc2nsnc2c1. The number of ether oxygens (including phenoxy) is 1. The third kappa shape index (κ3) is 3.91. The third-order valence-electron chi connectivity index (χ3n) is 3.29. The van der Waals surface area contributed by atoms with Crippen molar-refractivity contribution in [3.8, 4) is 0 Å². The first-order chi connectivity index (χ1) is 11.3. The van der Waals surface area contributed by atoms with Crippen LogP contribution in [0.15, 0.2) is 35.0 Å². The summed E-state index contributed by atoms with van der Waals surface area (Å²) < 4.78 is 13.9. The van der Waals surface area contributed by atoms with Gasteiger partial charge in [0.25, 0.3) is 5.91 Å². The van der Waals surface area contributed by atoms with Crippen LogP contribution in [0.2, 0.25) is 0 Å². The molecule has 0 aliphatic carbocycles. The maximum Gasteiger partial charge on any atom is 0.251 e. The van der Waals surface area contributed by atoms with E-state index in [-0.39, 0.29) is 25.2 Å². The third-order valence-corrected chi connectivity index (χ3v) is 4.55. The second-order valence-electron chi connectivity index (χ2n) is 4.82. The summed E-state index contributed by atoms with van der Waals surface area (Å²) in [5.74, 6) is -0.187. The van der Waals surface area contributed by atoms with Crippen molar-refractivity contribution in [1.29, 1.82) is 0 Å². The molecule has 2 heterocycles. The van der Waals surface area contributed by atoms with E-state index in [9.17, 15) is 4.79 Å². The average molecular weight is 349 g/mol. The predicted octanol–water partition coefficient (Wildman–Crippen LogP) is 2.23. The lowest BCUT2D eigenvalue weighted by atomic mass is 10.1. The Bertz CT molecular complexity index is 773. The molecule has 0 bridgehead atoms. The molecule has 1 amide bonds. The largest absolute Gasteiger partial charge is 0.394 e. The molecule has 3 rings (SSSR count). The van der Waals surface area contributed by atoms with Gasteiger partial charge in [-0.15, -0.1) is 0 Å². The van der Waals surface area contributed by atoms with E-state index < -0.39 is 0 Å². The van der Waals surface area contributed by atoms with Crippen LogP contribution in [0, 0.1) is 0 Å². The van der Waals surface area contributed by atoms with Crippen molar-refractivity contribution in [2.45, 2.75) is 6.10 Å². The zero-order valence-electron chi connectivity index (χ0n) is 12.1. The maximum absolute atomic E-state index is 12.3. The Hall–Kier alpha value is -1.87. The zero-order valence-corrected chi connectivity index (χ0v) is 13.8. The summed E-state index contributed by atoms with van der Waals surface area (Å²) in [5.41, 5.74) is 3.03. The number of aliphatic hydroxyl groups is 1. The van der Waals surface area contributed by atoms with E-state index >= 15 is 0 Å². The van der Waals surface area contributed by atoms with Gasteiger partial charge in [-0.25, -0.2) is 0 Å².